The van der Waals surface area contributed by atoms with Gasteiger partial charge in [0.25, 0.3) is 0 Å². The van der Waals surface area contributed by atoms with Crippen LogP contribution in [0.1, 0.15) is 0 Å². The average molecular weight is 453 g/mol. The number of rotatable bonds is 2. The third-order valence-corrected chi connectivity index (χ3v) is 4.65. The van der Waals surface area contributed by atoms with Gasteiger partial charge < -0.3 is 9.11 Å². The zero-order valence-electron chi connectivity index (χ0n) is 14.7. The molecule has 2 aromatic carbocycles. The van der Waals surface area contributed by atoms with Crippen molar-refractivity contribution < 1.29 is 27.7 Å². The predicted molar refractivity (Wildman–Crippen MR) is 108 cm³/mol. The zero-order valence-corrected chi connectivity index (χ0v) is 17.1. The van der Waals surface area contributed by atoms with Gasteiger partial charge in [0.2, 0.25) is 0 Å². The van der Waals surface area contributed by atoms with Gasteiger partial charge in [0.1, 0.15) is 0 Å². The van der Waals surface area contributed by atoms with E-state index >= 15 is 0 Å². The lowest BCUT2D eigenvalue weighted by Gasteiger charge is -2.06. The van der Waals surface area contributed by atoms with Crippen LogP contribution in [0.25, 0.3) is 21.1 Å². The summed E-state index contributed by atoms with van der Waals surface area (Å²) in [5.41, 5.74) is 13.2. The van der Waals surface area contributed by atoms with E-state index in [9.17, 15) is 0 Å². The molecule has 4 aromatic rings. The van der Waals surface area contributed by atoms with Gasteiger partial charge in [-0.25, -0.2) is 0 Å². The Morgan fingerprint density at radius 3 is 1.28 bits per heavy atom. The van der Waals surface area contributed by atoms with Crippen LogP contribution in [-0.2, 0) is 10.4 Å². The molecule has 2 heterocycles. The molecule has 6 N–H and O–H groups in total. The van der Waals surface area contributed by atoms with E-state index in [1.54, 1.807) is 0 Å². The van der Waals surface area contributed by atoms with Gasteiger partial charge in [-0.05, 0) is 22.7 Å². The lowest BCUT2D eigenvalue weighted by molar-refractivity contribution is -0.431. The van der Waals surface area contributed by atoms with E-state index < -0.39 is 10.4 Å². The van der Waals surface area contributed by atoms with E-state index in [0.717, 1.165) is 21.1 Å². The summed E-state index contributed by atoms with van der Waals surface area (Å²) in [7, 11) is -5.17. The first-order valence-corrected chi connectivity index (χ1v) is 10.7. The van der Waals surface area contributed by atoms with Gasteiger partial charge in [-0.1, -0.05) is 70.9 Å². The molecule has 0 aliphatic rings. The summed E-state index contributed by atoms with van der Waals surface area (Å²) in [6.45, 7) is 0. The van der Waals surface area contributed by atoms with Crippen LogP contribution in [-0.4, -0.2) is 27.7 Å². The fraction of sp³-hybridized carbons (Fsp3) is 0. The van der Waals surface area contributed by atoms with Gasteiger partial charge in [-0.3, -0.25) is 19.9 Å². The van der Waals surface area contributed by atoms with Crippen LogP contribution in [0.4, 0.5) is 10.3 Å². The second-order valence-corrected chi connectivity index (χ2v) is 8.01. The zero-order chi connectivity index (χ0) is 21.3. The first-order valence-electron chi connectivity index (χ1n) is 7.78. The fourth-order valence-electron chi connectivity index (χ4n) is 1.92. The number of aromatic nitrogens is 4. The van der Waals surface area contributed by atoms with Crippen molar-refractivity contribution in [1.29, 1.82) is 0 Å². The molecule has 2 aromatic heterocycles. The van der Waals surface area contributed by atoms with E-state index in [0.29, 0.717) is 10.3 Å². The maximum Gasteiger partial charge on any atom is 0.352 e. The molecule has 0 bridgehead atoms. The summed E-state index contributed by atoms with van der Waals surface area (Å²) in [5, 5.41) is 16.7. The second kappa shape index (κ2) is 10.5. The Kier molecular flexibility index (Phi) is 8.11. The van der Waals surface area contributed by atoms with Crippen LogP contribution in [0, 0.1) is 0 Å². The third kappa shape index (κ3) is 8.71. The van der Waals surface area contributed by atoms with Gasteiger partial charge in [-0.15, -0.1) is 10.2 Å². The molecule has 0 amide bonds. The molecule has 29 heavy (non-hydrogen) atoms. The Bertz CT molecular complexity index is 1030. The Balaban J connectivity index is 0.000000170. The molecule has 0 atom stereocenters. The Hall–Kier alpha value is -2.97. The number of hydrogen-bond donors (Lipinski definition) is 2. The highest BCUT2D eigenvalue weighted by molar-refractivity contribution is 7.79. The number of anilines is 2. The maximum atomic E-state index is 8.52. The summed E-state index contributed by atoms with van der Waals surface area (Å²) in [6, 6.07) is 19.9. The van der Waals surface area contributed by atoms with Crippen molar-refractivity contribution in [2.45, 2.75) is 0 Å². The van der Waals surface area contributed by atoms with Gasteiger partial charge in [-0.2, -0.15) is 0 Å². The molecule has 0 unspecified atom stereocenters. The normalized spacial score (nSPS) is 10.3. The molecular weight excluding hydrogens is 436 g/mol. The highest BCUT2D eigenvalue weighted by atomic mass is 32.3. The molecular formula is C16H16N6O4S3. The van der Waals surface area contributed by atoms with Crippen LogP contribution in [0.2, 0.25) is 0 Å². The van der Waals surface area contributed by atoms with Crippen LogP contribution >= 0.6 is 22.7 Å². The minimum atomic E-state index is -5.17. The standard InChI is InChI=1S/2C8H7N3S.H2O4S/c2*9-8-11-10-7(12-8)6-4-2-1-3-5-6;1-5(2,3)4/h2*1-5H,(H2,9,11);(H2,1,2,3,4). The summed E-state index contributed by atoms with van der Waals surface area (Å²) in [4.78, 5) is 0. The summed E-state index contributed by atoms with van der Waals surface area (Å²) in [6.07, 6.45) is 0. The second-order valence-electron chi connectivity index (χ2n) is 5.13. The van der Waals surface area contributed by atoms with E-state index in [1.807, 2.05) is 60.7 Å². The number of aromatic amines is 2. The van der Waals surface area contributed by atoms with Crippen molar-refractivity contribution in [2.75, 3.05) is 11.5 Å². The van der Waals surface area contributed by atoms with Crippen LogP contribution < -0.4 is 21.7 Å². The number of benzene rings is 2. The largest absolute Gasteiger partial charge is 0.759 e. The lowest BCUT2D eigenvalue weighted by atomic mass is 10.2. The Morgan fingerprint density at radius 1 is 0.724 bits per heavy atom. The minimum Gasteiger partial charge on any atom is -0.759 e. The fourth-order valence-corrected chi connectivity index (χ4v) is 3.21. The number of nitrogens with one attached hydrogen (secondary N) is 2. The average Bonchev–Trinajstić information content (AvgIpc) is 3.31. The summed E-state index contributed by atoms with van der Waals surface area (Å²) in [5.74, 6) is 0. The molecule has 13 heteroatoms. The smallest absolute Gasteiger partial charge is 0.352 e. The van der Waals surface area contributed by atoms with Crippen LogP contribution in [0.3, 0.4) is 0 Å². The third-order valence-electron chi connectivity index (χ3n) is 2.99. The molecule has 152 valence electrons. The molecule has 4 rings (SSSR count). The Morgan fingerprint density at radius 2 is 1.03 bits per heavy atom. The number of nitrogens with two attached hydrogens (primary N) is 2. The molecule has 0 fully saturated rings. The number of H-pyrrole nitrogens is 2. The van der Waals surface area contributed by atoms with Crippen molar-refractivity contribution in [3.63, 3.8) is 0 Å². The molecule has 0 radical (unpaired) electrons. The first-order chi connectivity index (χ1) is 13.7. The molecule has 0 aliphatic heterocycles. The van der Waals surface area contributed by atoms with E-state index in [4.69, 9.17) is 29.0 Å². The van der Waals surface area contributed by atoms with Gasteiger partial charge in [0.15, 0.2) is 10.0 Å². The number of nitrogen functional groups attached to an aromatic ring is 2. The highest BCUT2D eigenvalue weighted by Crippen LogP contribution is 2.22. The predicted octanol–water partition coefficient (Wildman–Crippen LogP) is 1.07. The quantitative estimate of drug-likeness (QED) is 0.334. The number of hydrogen-bond acceptors (Lipinski definition) is 10. The van der Waals surface area contributed by atoms with E-state index in [1.165, 1.54) is 22.7 Å². The van der Waals surface area contributed by atoms with Crippen molar-refractivity contribution in [1.82, 2.24) is 10.2 Å². The minimum absolute atomic E-state index is 0.633. The molecule has 0 saturated heterocycles. The van der Waals surface area contributed by atoms with Crippen molar-refractivity contribution in [3.8, 4) is 21.1 Å². The van der Waals surface area contributed by atoms with Crippen molar-refractivity contribution in [3.05, 3.63) is 60.7 Å². The lowest BCUT2D eigenvalue weighted by Crippen LogP contribution is -2.06. The molecule has 0 saturated carbocycles. The van der Waals surface area contributed by atoms with Crippen molar-refractivity contribution in [2.24, 2.45) is 0 Å². The van der Waals surface area contributed by atoms with Gasteiger partial charge >= 0.3 is 10.3 Å². The first kappa shape index (κ1) is 22.3. The summed E-state index contributed by atoms with van der Waals surface area (Å²) < 4.78 is 34.1. The molecule has 0 aliphatic carbocycles. The summed E-state index contributed by atoms with van der Waals surface area (Å²) >= 11 is 2.90. The van der Waals surface area contributed by atoms with Crippen LogP contribution in [0.5, 0.6) is 0 Å². The highest BCUT2D eigenvalue weighted by Gasteiger charge is 2.06. The van der Waals surface area contributed by atoms with Crippen LogP contribution in [0.15, 0.2) is 60.7 Å². The van der Waals surface area contributed by atoms with E-state index in [2.05, 4.69) is 20.4 Å². The molecule has 0 spiro atoms. The number of nitrogens with zero attached hydrogens (tertiary/aromatic N) is 2. The van der Waals surface area contributed by atoms with Gasteiger partial charge in [0, 0.05) is 21.5 Å². The Labute approximate surface area is 174 Å². The monoisotopic (exact) mass is 452 g/mol. The van der Waals surface area contributed by atoms with Crippen molar-refractivity contribution >= 4 is 43.3 Å². The maximum absolute atomic E-state index is 8.52. The topological polar surface area (TPSA) is 186 Å². The van der Waals surface area contributed by atoms with Gasteiger partial charge in [0.05, 0.1) is 0 Å². The molecule has 10 nitrogen and oxygen atoms in total. The van der Waals surface area contributed by atoms with E-state index in [-0.39, 0.29) is 0 Å². The SMILES string of the molecule is Nc1[nH+]nc(-c2ccccc2)s1.Nc1[nH+]nc(-c2ccccc2)s1.O=S(=O)([O-])[O-].